The molecule has 0 heterocycles. The molecule has 2 aliphatic rings. The van der Waals surface area contributed by atoms with Gasteiger partial charge in [0.05, 0.1) is 0 Å². The maximum absolute atomic E-state index is 4.50. The molecule has 2 aliphatic carbocycles. The van der Waals surface area contributed by atoms with E-state index in [1.54, 1.807) is 22.3 Å². The zero-order chi connectivity index (χ0) is 18.8. The van der Waals surface area contributed by atoms with Crippen molar-refractivity contribution in [3.63, 3.8) is 0 Å². The molecule has 0 amide bonds. The molecule has 1 aromatic rings. The van der Waals surface area contributed by atoms with Crippen LogP contribution in [0, 0.1) is 18.8 Å². The zero-order valence-electron chi connectivity index (χ0n) is 17.4. The monoisotopic (exact) mass is 348 g/mol. The maximum Gasteiger partial charge on any atom is -0.00521 e. The number of hydrogen-bond acceptors (Lipinski definition) is 0. The van der Waals surface area contributed by atoms with Crippen molar-refractivity contribution in [2.24, 2.45) is 11.8 Å². The third-order valence-electron chi connectivity index (χ3n) is 7.00. The summed E-state index contributed by atoms with van der Waals surface area (Å²) < 4.78 is 0. The third kappa shape index (κ3) is 3.61. The lowest BCUT2D eigenvalue weighted by atomic mass is 9.73. The van der Waals surface area contributed by atoms with Gasteiger partial charge < -0.3 is 0 Å². The Bertz CT molecular complexity index is 744. The predicted octanol–water partition coefficient (Wildman–Crippen LogP) is 7.61. The van der Waals surface area contributed by atoms with Crippen LogP contribution in [0.1, 0.15) is 81.5 Å². The quantitative estimate of drug-likeness (QED) is 0.464. The summed E-state index contributed by atoms with van der Waals surface area (Å²) in [6.07, 6.45) is 10.0. The van der Waals surface area contributed by atoms with Crippen molar-refractivity contribution in [1.82, 2.24) is 0 Å². The van der Waals surface area contributed by atoms with Gasteiger partial charge in [0.15, 0.2) is 0 Å². The molecule has 0 bridgehead atoms. The van der Waals surface area contributed by atoms with Crippen LogP contribution >= 0.6 is 0 Å². The number of allylic oxidation sites excluding steroid dienone is 4. The summed E-state index contributed by atoms with van der Waals surface area (Å²) in [4.78, 5) is 0. The highest BCUT2D eigenvalue weighted by molar-refractivity contribution is 5.83. The second-order valence-electron chi connectivity index (χ2n) is 8.71. The fraction of sp³-hybridized carbons (Fsp3) is 0.538. The lowest BCUT2D eigenvalue weighted by molar-refractivity contribution is 0.376. The van der Waals surface area contributed by atoms with Gasteiger partial charge in [-0.05, 0) is 104 Å². The van der Waals surface area contributed by atoms with Crippen molar-refractivity contribution in [3.05, 3.63) is 64.3 Å². The molecule has 0 spiro atoms. The van der Waals surface area contributed by atoms with E-state index in [-0.39, 0.29) is 0 Å². The summed E-state index contributed by atoms with van der Waals surface area (Å²) >= 11 is 0. The Hall–Kier alpha value is -1.56. The zero-order valence-corrected chi connectivity index (χ0v) is 17.4. The largest absolute Gasteiger partial charge is 0.0999 e. The molecule has 3 rings (SSSR count). The van der Waals surface area contributed by atoms with Crippen LogP contribution in [0.2, 0.25) is 0 Å². The van der Waals surface area contributed by atoms with Gasteiger partial charge in [-0.25, -0.2) is 0 Å². The second kappa shape index (κ2) is 7.99. The van der Waals surface area contributed by atoms with Gasteiger partial charge in [-0.3, -0.25) is 0 Å². The van der Waals surface area contributed by atoms with Gasteiger partial charge >= 0.3 is 0 Å². The first-order valence-corrected chi connectivity index (χ1v) is 10.6. The minimum atomic E-state index is 0.631. The highest BCUT2D eigenvalue weighted by Gasteiger charge is 2.26. The number of hydrogen-bond donors (Lipinski definition) is 0. The van der Waals surface area contributed by atoms with Crippen molar-refractivity contribution in [2.45, 2.75) is 79.1 Å². The highest BCUT2D eigenvalue weighted by Crippen LogP contribution is 2.43. The second-order valence-corrected chi connectivity index (χ2v) is 8.71. The molecule has 0 fully saturated rings. The molecule has 140 valence electrons. The third-order valence-corrected chi connectivity index (χ3v) is 7.00. The van der Waals surface area contributed by atoms with E-state index in [4.69, 9.17) is 0 Å². The van der Waals surface area contributed by atoms with Crippen molar-refractivity contribution >= 4 is 5.57 Å². The SMILES string of the molecule is C=C1C2=C(CCCC2)Cc2c1ccc(C)c2CCC(C(=C)C)C(C)CC. The number of fused-ring (bicyclic) bond motifs is 1. The molecule has 0 aliphatic heterocycles. The van der Waals surface area contributed by atoms with Gasteiger partial charge in [0, 0.05) is 0 Å². The number of benzene rings is 1. The van der Waals surface area contributed by atoms with E-state index in [0.29, 0.717) is 5.92 Å². The molecule has 2 unspecified atom stereocenters. The molecule has 0 saturated carbocycles. The Kier molecular flexibility index (Phi) is 5.90. The van der Waals surface area contributed by atoms with E-state index in [1.807, 2.05) is 0 Å². The Morgan fingerprint density at radius 2 is 1.92 bits per heavy atom. The van der Waals surface area contributed by atoms with Gasteiger partial charge in [-0.1, -0.05) is 56.7 Å². The smallest absolute Gasteiger partial charge is 0.00521 e. The Labute approximate surface area is 161 Å². The fourth-order valence-corrected chi connectivity index (χ4v) is 5.15. The first kappa shape index (κ1) is 19.2. The average molecular weight is 349 g/mol. The lowest BCUT2D eigenvalue weighted by Gasteiger charge is -2.31. The van der Waals surface area contributed by atoms with Crippen LogP contribution in [0.15, 0.2) is 42.0 Å². The molecule has 0 heteroatoms. The molecule has 0 nitrogen and oxygen atoms in total. The molecule has 1 aromatic carbocycles. The molecule has 0 aromatic heterocycles. The lowest BCUT2D eigenvalue weighted by Crippen LogP contribution is -2.17. The van der Waals surface area contributed by atoms with E-state index >= 15 is 0 Å². The Morgan fingerprint density at radius 3 is 2.62 bits per heavy atom. The molecule has 26 heavy (non-hydrogen) atoms. The summed E-state index contributed by atoms with van der Waals surface area (Å²) in [5, 5.41) is 0. The molecule has 0 saturated heterocycles. The normalized spacial score (nSPS) is 19.0. The van der Waals surface area contributed by atoms with Gasteiger partial charge in [-0.15, -0.1) is 0 Å². The van der Waals surface area contributed by atoms with Crippen LogP contribution in [0.4, 0.5) is 0 Å². The van der Waals surface area contributed by atoms with E-state index < -0.39 is 0 Å². The maximum atomic E-state index is 4.50. The predicted molar refractivity (Wildman–Crippen MR) is 115 cm³/mol. The van der Waals surface area contributed by atoms with Gasteiger partial charge in [-0.2, -0.15) is 0 Å². The van der Waals surface area contributed by atoms with Crippen LogP contribution in [-0.2, 0) is 12.8 Å². The molecule has 0 N–H and O–H groups in total. The fourth-order valence-electron chi connectivity index (χ4n) is 5.15. The van der Waals surface area contributed by atoms with Crippen molar-refractivity contribution in [1.29, 1.82) is 0 Å². The van der Waals surface area contributed by atoms with Gasteiger partial charge in [0.25, 0.3) is 0 Å². The first-order chi connectivity index (χ1) is 12.4. The Balaban J connectivity index is 1.90. The number of rotatable bonds is 6. The highest BCUT2D eigenvalue weighted by atomic mass is 14.3. The van der Waals surface area contributed by atoms with Crippen molar-refractivity contribution in [2.75, 3.05) is 0 Å². The standard InChI is InChI=1S/C26H36/c1-7-18(4)22(17(2)3)14-15-23-19(5)12-13-25-20(6)24-11-9-8-10-21(24)16-26(23)25/h12-13,18,22H,2,6-11,14-16H2,1,3-5H3. The molecular weight excluding hydrogens is 312 g/mol. The topological polar surface area (TPSA) is 0 Å². The molecule has 2 atom stereocenters. The minimum Gasteiger partial charge on any atom is -0.0999 e. The van der Waals surface area contributed by atoms with Crippen LogP contribution in [0.5, 0.6) is 0 Å². The summed E-state index contributed by atoms with van der Waals surface area (Å²) in [5.41, 5.74) is 12.0. The molecular formula is C26H36. The Morgan fingerprint density at radius 1 is 1.19 bits per heavy atom. The van der Waals surface area contributed by atoms with Crippen molar-refractivity contribution in [3.8, 4) is 0 Å². The summed E-state index contributed by atoms with van der Waals surface area (Å²) in [6.45, 7) is 18.0. The van der Waals surface area contributed by atoms with Crippen LogP contribution in [0.25, 0.3) is 5.57 Å². The van der Waals surface area contributed by atoms with E-state index in [1.165, 1.54) is 73.6 Å². The van der Waals surface area contributed by atoms with E-state index in [9.17, 15) is 0 Å². The van der Waals surface area contributed by atoms with E-state index in [0.717, 1.165) is 5.92 Å². The summed E-state index contributed by atoms with van der Waals surface area (Å²) in [6, 6.07) is 4.66. The summed E-state index contributed by atoms with van der Waals surface area (Å²) in [7, 11) is 0. The minimum absolute atomic E-state index is 0.631. The van der Waals surface area contributed by atoms with Crippen molar-refractivity contribution < 1.29 is 0 Å². The average Bonchev–Trinajstić information content (AvgIpc) is 2.63. The molecule has 0 radical (unpaired) electrons. The first-order valence-electron chi connectivity index (χ1n) is 10.6. The van der Waals surface area contributed by atoms with Gasteiger partial charge in [0.1, 0.15) is 0 Å². The van der Waals surface area contributed by atoms with E-state index in [2.05, 4.69) is 53.0 Å². The van der Waals surface area contributed by atoms with Crippen LogP contribution in [0.3, 0.4) is 0 Å². The summed E-state index contributed by atoms with van der Waals surface area (Å²) in [5.74, 6) is 1.35. The van der Waals surface area contributed by atoms with Crippen LogP contribution in [-0.4, -0.2) is 0 Å². The number of aryl methyl sites for hydroxylation is 1. The van der Waals surface area contributed by atoms with Crippen LogP contribution < -0.4 is 0 Å². The van der Waals surface area contributed by atoms with Gasteiger partial charge in [0.2, 0.25) is 0 Å².